The minimum atomic E-state index is -0.0249. The van der Waals surface area contributed by atoms with E-state index in [1.54, 1.807) is 0 Å². The summed E-state index contributed by atoms with van der Waals surface area (Å²) in [6, 6.07) is 0. The Morgan fingerprint density at radius 2 is 1.67 bits per heavy atom. The van der Waals surface area contributed by atoms with E-state index in [9.17, 15) is 4.79 Å². The van der Waals surface area contributed by atoms with Crippen molar-refractivity contribution in [2.75, 3.05) is 0 Å². The van der Waals surface area contributed by atoms with Gasteiger partial charge in [-0.2, -0.15) is 5.10 Å². The summed E-state index contributed by atoms with van der Waals surface area (Å²) in [4.78, 5) is 11.0. The van der Waals surface area contributed by atoms with Crippen molar-refractivity contribution in [3.63, 3.8) is 0 Å². The second kappa shape index (κ2) is 3.01. The van der Waals surface area contributed by atoms with E-state index in [0.717, 1.165) is 16.8 Å². The molecule has 0 aliphatic rings. The number of Topliss-reactive ketones (excluding diaryl/α,β-unsaturated/α-hetero) is 1. The number of ketones is 1. The number of hydrogen-bond donors (Lipinski definition) is 0. The standard InChI is InChI=1S/C9H12N2O/c1-5-6(2)9(8(4)12)11-10-7(5)3/h1-4H3. The Morgan fingerprint density at radius 3 is 2.17 bits per heavy atom. The predicted molar refractivity (Wildman–Crippen MR) is 46.2 cm³/mol. The van der Waals surface area contributed by atoms with Gasteiger partial charge in [0.25, 0.3) is 0 Å². The van der Waals surface area contributed by atoms with E-state index in [1.807, 2.05) is 20.8 Å². The van der Waals surface area contributed by atoms with E-state index in [4.69, 9.17) is 0 Å². The van der Waals surface area contributed by atoms with Crippen molar-refractivity contribution < 1.29 is 4.79 Å². The van der Waals surface area contributed by atoms with Gasteiger partial charge >= 0.3 is 0 Å². The minimum absolute atomic E-state index is 0.0249. The first kappa shape index (κ1) is 8.84. The van der Waals surface area contributed by atoms with Crippen molar-refractivity contribution in [1.29, 1.82) is 0 Å². The van der Waals surface area contributed by atoms with Gasteiger partial charge in [-0.05, 0) is 31.9 Å². The molecular weight excluding hydrogens is 152 g/mol. The molecule has 0 aliphatic carbocycles. The minimum Gasteiger partial charge on any atom is -0.293 e. The van der Waals surface area contributed by atoms with Crippen LogP contribution in [0.25, 0.3) is 0 Å². The largest absolute Gasteiger partial charge is 0.293 e. The molecule has 0 spiro atoms. The molecule has 0 aliphatic heterocycles. The Morgan fingerprint density at radius 1 is 1.08 bits per heavy atom. The number of hydrogen-bond acceptors (Lipinski definition) is 3. The normalized spacial score (nSPS) is 10.0. The lowest BCUT2D eigenvalue weighted by atomic mass is 10.1. The van der Waals surface area contributed by atoms with Gasteiger partial charge in [0.2, 0.25) is 0 Å². The highest BCUT2D eigenvalue weighted by atomic mass is 16.1. The molecule has 1 heterocycles. The molecule has 0 unspecified atom stereocenters. The third-order valence-electron chi connectivity index (χ3n) is 2.09. The number of nitrogens with zero attached hydrogens (tertiary/aromatic N) is 2. The summed E-state index contributed by atoms with van der Waals surface area (Å²) in [5.41, 5.74) is 3.36. The maximum Gasteiger partial charge on any atom is 0.180 e. The van der Waals surface area contributed by atoms with Crippen LogP contribution in [0.3, 0.4) is 0 Å². The molecule has 0 atom stereocenters. The first-order chi connectivity index (χ1) is 5.54. The van der Waals surface area contributed by atoms with Crippen LogP contribution in [0.15, 0.2) is 0 Å². The molecule has 1 aromatic rings. The van der Waals surface area contributed by atoms with Gasteiger partial charge in [0, 0.05) is 6.92 Å². The Labute approximate surface area is 71.8 Å². The molecule has 0 fully saturated rings. The fourth-order valence-corrected chi connectivity index (χ4v) is 1.06. The molecule has 0 amide bonds. The molecule has 1 aromatic heterocycles. The first-order valence-electron chi connectivity index (χ1n) is 3.85. The van der Waals surface area contributed by atoms with Crippen molar-refractivity contribution in [2.24, 2.45) is 0 Å². The van der Waals surface area contributed by atoms with Crippen molar-refractivity contribution in [3.05, 3.63) is 22.5 Å². The van der Waals surface area contributed by atoms with Crippen LogP contribution in [-0.4, -0.2) is 16.0 Å². The molecule has 0 radical (unpaired) electrons. The van der Waals surface area contributed by atoms with Crippen molar-refractivity contribution >= 4 is 5.78 Å². The van der Waals surface area contributed by atoms with Gasteiger partial charge in [-0.1, -0.05) is 0 Å². The highest BCUT2D eigenvalue weighted by Crippen LogP contribution is 2.12. The first-order valence-corrected chi connectivity index (χ1v) is 3.85. The fraction of sp³-hybridized carbons (Fsp3) is 0.444. The zero-order chi connectivity index (χ0) is 9.30. The van der Waals surface area contributed by atoms with Crippen LogP contribution in [0.4, 0.5) is 0 Å². The summed E-state index contributed by atoms with van der Waals surface area (Å²) in [5, 5.41) is 7.73. The van der Waals surface area contributed by atoms with E-state index in [0.29, 0.717) is 5.69 Å². The zero-order valence-electron chi connectivity index (χ0n) is 7.80. The number of aromatic nitrogens is 2. The van der Waals surface area contributed by atoms with Gasteiger partial charge in [0.15, 0.2) is 5.78 Å². The summed E-state index contributed by atoms with van der Waals surface area (Å²) in [5.74, 6) is -0.0249. The number of carbonyl (C=O) groups excluding carboxylic acids is 1. The molecule has 0 bridgehead atoms. The lowest BCUT2D eigenvalue weighted by Gasteiger charge is -2.05. The van der Waals surface area contributed by atoms with E-state index >= 15 is 0 Å². The number of carbonyl (C=O) groups is 1. The van der Waals surface area contributed by atoms with Crippen LogP contribution in [0.1, 0.15) is 34.2 Å². The fourth-order valence-electron chi connectivity index (χ4n) is 1.06. The van der Waals surface area contributed by atoms with Crippen LogP contribution in [0.5, 0.6) is 0 Å². The van der Waals surface area contributed by atoms with Crippen LogP contribution < -0.4 is 0 Å². The maximum absolute atomic E-state index is 11.0. The lowest BCUT2D eigenvalue weighted by molar-refractivity contribution is 0.101. The highest BCUT2D eigenvalue weighted by molar-refractivity contribution is 5.93. The van der Waals surface area contributed by atoms with Gasteiger partial charge in [0.1, 0.15) is 5.69 Å². The van der Waals surface area contributed by atoms with Gasteiger partial charge in [-0.25, -0.2) is 0 Å². The lowest BCUT2D eigenvalue weighted by Crippen LogP contribution is -2.06. The smallest absolute Gasteiger partial charge is 0.180 e. The Bertz CT molecular complexity index is 332. The monoisotopic (exact) mass is 164 g/mol. The summed E-state index contributed by atoms with van der Waals surface area (Å²) in [7, 11) is 0. The van der Waals surface area contributed by atoms with Gasteiger partial charge in [0.05, 0.1) is 5.69 Å². The Hall–Kier alpha value is -1.25. The van der Waals surface area contributed by atoms with Crippen molar-refractivity contribution in [3.8, 4) is 0 Å². The maximum atomic E-state index is 11.0. The number of aryl methyl sites for hydroxylation is 1. The Kier molecular flexibility index (Phi) is 2.22. The quantitative estimate of drug-likeness (QED) is 0.592. The van der Waals surface area contributed by atoms with E-state index in [2.05, 4.69) is 10.2 Å². The van der Waals surface area contributed by atoms with Crippen LogP contribution >= 0.6 is 0 Å². The topological polar surface area (TPSA) is 42.9 Å². The Balaban J connectivity index is 3.36. The summed E-state index contributed by atoms with van der Waals surface area (Å²) >= 11 is 0. The zero-order valence-corrected chi connectivity index (χ0v) is 7.80. The number of rotatable bonds is 1. The van der Waals surface area contributed by atoms with E-state index in [-0.39, 0.29) is 5.78 Å². The van der Waals surface area contributed by atoms with Crippen LogP contribution in [0, 0.1) is 20.8 Å². The SMILES string of the molecule is CC(=O)c1nnc(C)c(C)c1C. The van der Waals surface area contributed by atoms with Crippen LogP contribution in [-0.2, 0) is 0 Å². The molecule has 12 heavy (non-hydrogen) atoms. The molecule has 64 valence electrons. The molecule has 3 nitrogen and oxygen atoms in total. The summed E-state index contributed by atoms with van der Waals surface area (Å²) < 4.78 is 0. The highest BCUT2D eigenvalue weighted by Gasteiger charge is 2.09. The second-order valence-corrected chi connectivity index (χ2v) is 2.94. The molecule has 0 N–H and O–H groups in total. The molecular formula is C9H12N2O. The molecule has 3 heteroatoms. The molecule has 1 rings (SSSR count). The van der Waals surface area contributed by atoms with Crippen molar-refractivity contribution in [1.82, 2.24) is 10.2 Å². The molecule has 0 saturated carbocycles. The third-order valence-corrected chi connectivity index (χ3v) is 2.09. The summed E-state index contributed by atoms with van der Waals surface area (Å²) in [6.07, 6.45) is 0. The van der Waals surface area contributed by atoms with Crippen molar-refractivity contribution in [2.45, 2.75) is 27.7 Å². The average Bonchev–Trinajstić information content (AvgIpc) is 2.00. The predicted octanol–water partition coefficient (Wildman–Crippen LogP) is 1.60. The summed E-state index contributed by atoms with van der Waals surface area (Å²) in [6.45, 7) is 7.24. The van der Waals surface area contributed by atoms with E-state index in [1.165, 1.54) is 6.92 Å². The third kappa shape index (κ3) is 1.35. The van der Waals surface area contributed by atoms with E-state index < -0.39 is 0 Å². The van der Waals surface area contributed by atoms with Gasteiger partial charge in [-0.15, -0.1) is 5.10 Å². The average molecular weight is 164 g/mol. The molecule has 0 saturated heterocycles. The van der Waals surface area contributed by atoms with Crippen LogP contribution in [0.2, 0.25) is 0 Å². The van der Waals surface area contributed by atoms with Gasteiger partial charge in [-0.3, -0.25) is 4.79 Å². The second-order valence-electron chi connectivity index (χ2n) is 2.94. The molecule has 0 aromatic carbocycles. The van der Waals surface area contributed by atoms with Gasteiger partial charge < -0.3 is 0 Å².